The van der Waals surface area contributed by atoms with Crippen LogP contribution >= 0.6 is 11.3 Å². The first kappa shape index (κ1) is 21.5. The summed E-state index contributed by atoms with van der Waals surface area (Å²) in [5.74, 6) is 0.163. The number of carbonyl (C=O) groups excluding carboxylic acids is 1. The highest BCUT2D eigenvalue weighted by molar-refractivity contribution is 7.18. The van der Waals surface area contributed by atoms with Crippen LogP contribution in [0, 0.1) is 0 Å². The molecule has 2 aromatic carbocycles. The van der Waals surface area contributed by atoms with Gasteiger partial charge in [-0.2, -0.15) is 0 Å². The summed E-state index contributed by atoms with van der Waals surface area (Å²) in [7, 11) is 0. The van der Waals surface area contributed by atoms with Gasteiger partial charge in [-0.1, -0.05) is 42.5 Å². The minimum absolute atomic E-state index is 0.163. The maximum absolute atomic E-state index is 12.6. The lowest BCUT2D eigenvalue weighted by atomic mass is 10.2. The van der Waals surface area contributed by atoms with Crippen molar-refractivity contribution in [2.45, 2.75) is 25.6 Å². The fourth-order valence-corrected chi connectivity index (χ4v) is 5.71. The largest absolute Gasteiger partial charge is 0.351 e. The third-order valence-corrected chi connectivity index (χ3v) is 7.44. The van der Waals surface area contributed by atoms with Crippen molar-refractivity contribution in [3.63, 3.8) is 0 Å². The van der Waals surface area contributed by atoms with Gasteiger partial charge < -0.3 is 5.32 Å². The standard InChI is InChI=1S/C25H31N5OS/c31-24(26-21-10-11-30(17-21)16-20-6-2-1-3-7-20)18-28-12-14-29(15-13-28)19-25-27-22-8-4-5-9-23(22)32-25/h1-9,21H,10-19H2,(H,26,31)/t21-/m1/s1. The maximum atomic E-state index is 12.6. The summed E-state index contributed by atoms with van der Waals surface area (Å²) in [6.07, 6.45) is 1.04. The van der Waals surface area contributed by atoms with Crippen molar-refractivity contribution < 1.29 is 4.79 Å². The summed E-state index contributed by atoms with van der Waals surface area (Å²) in [5, 5.41) is 4.44. The molecular weight excluding hydrogens is 418 g/mol. The summed E-state index contributed by atoms with van der Waals surface area (Å²) < 4.78 is 1.26. The number of piperazine rings is 1. The number of aromatic nitrogens is 1. The van der Waals surface area contributed by atoms with E-state index in [1.807, 2.05) is 6.07 Å². The molecule has 1 amide bonds. The molecule has 5 rings (SSSR count). The molecule has 2 aliphatic heterocycles. The normalized spacial score (nSPS) is 20.7. The van der Waals surface area contributed by atoms with Gasteiger partial charge in [-0.05, 0) is 24.1 Å². The second-order valence-electron chi connectivity index (χ2n) is 8.90. The van der Waals surface area contributed by atoms with Crippen molar-refractivity contribution in [1.82, 2.24) is 25.0 Å². The van der Waals surface area contributed by atoms with Gasteiger partial charge in [0.25, 0.3) is 0 Å². The summed E-state index contributed by atoms with van der Waals surface area (Å²) >= 11 is 1.79. The van der Waals surface area contributed by atoms with E-state index in [1.165, 1.54) is 15.3 Å². The Balaban J connectivity index is 1.02. The van der Waals surface area contributed by atoms with Gasteiger partial charge in [0, 0.05) is 51.9 Å². The fourth-order valence-electron chi connectivity index (χ4n) is 4.70. The van der Waals surface area contributed by atoms with Crippen LogP contribution < -0.4 is 5.32 Å². The molecule has 1 N–H and O–H groups in total. The molecule has 168 valence electrons. The van der Waals surface area contributed by atoms with Crippen LogP contribution in [0.1, 0.15) is 17.0 Å². The summed E-state index contributed by atoms with van der Waals surface area (Å²) in [6.45, 7) is 8.19. The molecule has 1 atom stereocenters. The van der Waals surface area contributed by atoms with Crippen LogP contribution in [0.2, 0.25) is 0 Å². The highest BCUT2D eigenvalue weighted by Crippen LogP contribution is 2.23. The van der Waals surface area contributed by atoms with E-state index in [9.17, 15) is 4.79 Å². The minimum atomic E-state index is 0.163. The fraction of sp³-hybridized carbons (Fsp3) is 0.440. The zero-order chi connectivity index (χ0) is 21.8. The Bertz CT molecular complexity index is 998. The Morgan fingerprint density at radius 2 is 1.66 bits per heavy atom. The first-order chi connectivity index (χ1) is 15.7. The van der Waals surface area contributed by atoms with Crippen molar-refractivity contribution >= 4 is 27.5 Å². The summed E-state index contributed by atoms with van der Waals surface area (Å²) in [6, 6.07) is 19.2. The van der Waals surface area contributed by atoms with E-state index in [4.69, 9.17) is 4.98 Å². The third kappa shape index (κ3) is 5.53. The van der Waals surface area contributed by atoms with Gasteiger partial charge >= 0.3 is 0 Å². The van der Waals surface area contributed by atoms with Crippen LogP contribution in [0.3, 0.4) is 0 Å². The van der Waals surface area contributed by atoms with Gasteiger partial charge in [0.15, 0.2) is 0 Å². The lowest BCUT2D eigenvalue weighted by Crippen LogP contribution is -2.50. The average molecular weight is 450 g/mol. The SMILES string of the molecule is O=C(CN1CCN(Cc2nc3ccccc3s2)CC1)N[C@@H]1CCN(Cc2ccccc2)C1. The molecular formula is C25H31N5OS. The lowest BCUT2D eigenvalue weighted by Gasteiger charge is -2.34. The van der Waals surface area contributed by atoms with E-state index in [2.05, 4.69) is 68.5 Å². The summed E-state index contributed by atoms with van der Waals surface area (Å²) in [4.78, 5) is 24.5. The van der Waals surface area contributed by atoms with Gasteiger partial charge in [-0.15, -0.1) is 11.3 Å². The van der Waals surface area contributed by atoms with Crippen LogP contribution in [0.15, 0.2) is 54.6 Å². The van der Waals surface area contributed by atoms with Crippen molar-refractivity contribution in [2.24, 2.45) is 0 Å². The smallest absolute Gasteiger partial charge is 0.234 e. The number of carbonyl (C=O) groups is 1. The predicted octanol–water partition coefficient (Wildman–Crippen LogP) is 2.80. The number of hydrogen-bond acceptors (Lipinski definition) is 6. The van der Waals surface area contributed by atoms with E-state index in [1.54, 1.807) is 11.3 Å². The van der Waals surface area contributed by atoms with Crippen LogP contribution in [-0.4, -0.2) is 77.4 Å². The van der Waals surface area contributed by atoms with Crippen LogP contribution in [-0.2, 0) is 17.9 Å². The van der Waals surface area contributed by atoms with Crippen LogP contribution in [0.5, 0.6) is 0 Å². The number of likely N-dealkylation sites (tertiary alicyclic amines) is 1. The first-order valence-electron chi connectivity index (χ1n) is 11.6. The average Bonchev–Trinajstić information content (AvgIpc) is 3.41. The molecule has 2 saturated heterocycles. The zero-order valence-electron chi connectivity index (χ0n) is 18.4. The quantitative estimate of drug-likeness (QED) is 0.601. The van der Waals surface area contributed by atoms with Crippen molar-refractivity contribution in [3.8, 4) is 0 Å². The Morgan fingerprint density at radius 3 is 2.47 bits per heavy atom. The molecule has 2 fully saturated rings. The number of amides is 1. The maximum Gasteiger partial charge on any atom is 0.234 e. The Morgan fingerprint density at radius 1 is 0.906 bits per heavy atom. The second-order valence-corrected chi connectivity index (χ2v) is 10.0. The third-order valence-electron chi connectivity index (χ3n) is 6.42. The molecule has 2 aliphatic rings. The molecule has 0 radical (unpaired) electrons. The number of thiazole rings is 1. The number of fused-ring (bicyclic) bond motifs is 1. The second kappa shape index (κ2) is 10.1. The topological polar surface area (TPSA) is 51.7 Å². The molecule has 0 saturated carbocycles. The van der Waals surface area contributed by atoms with E-state index in [0.717, 1.165) is 64.3 Å². The molecule has 0 aliphatic carbocycles. The van der Waals surface area contributed by atoms with E-state index < -0.39 is 0 Å². The number of para-hydroxylation sites is 1. The van der Waals surface area contributed by atoms with Crippen molar-refractivity contribution in [1.29, 1.82) is 0 Å². The predicted molar refractivity (Wildman–Crippen MR) is 130 cm³/mol. The molecule has 3 heterocycles. The lowest BCUT2D eigenvalue weighted by molar-refractivity contribution is -0.123. The zero-order valence-corrected chi connectivity index (χ0v) is 19.3. The number of nitrogens with one attached hydrogen (secondary N) is 1. The Kier molecular flexibility index (Phi) is 6.78. The van der Waals surface area contributed by atoms with Crippen LogP contribution in [0.25, 0.3) is 10.2 Å². The highest BCUT2D eigenvalue weighted by atomic mass is 32.1. The molecule has 0 bridgehead atoms. The molecule has 7 heteroatoms. The number of hydrogen-bond donors (Lipinski definition) is 1. The molecule has 32 heavy (non-hydrogen) atoms. The first-order valence-corrected chi connectivity index (χ1v) is 12.4. The van der Waals surface area contributed by atoms with Gasteiger partial charge in [-0.3, -0.25) is 19.5 Å². The van der Waals surface area contributed by atoms with E-state index >= 15 is 0 Å². The van der Waals surface area contributed by atoms with Crippen LogP contribution in [0.4, 0.5) is 0 Å². The minimum Gasteiger partial charge on any atom is -0.351 e. The number of benzene rings is 2. The highest BCUT2D eigenvalue weighted by Gasteiger charge is 2.25. The van der Waals surface area contributed by atoms with Crippen molar-refractivity contribution in [3.05, 3.63) is 65.2 Å². The van der Waals surface area contributed by atoms with Gasteiger partial charge in [0.1, 0.15) is 5.01 Å². The molecule has 1 aromatic heterocycles. The van der Waals surface area contributed by atoms with E-state index in [0.29, 0.717) is 6.54 Å². The summed E-state index contributed by atoms with van der Waals surface area (Å²) in [5.41, 5.74) is 2.43. The molecule has 3 aromatic rings. The van der Waals surface area contributed by atoms with E-state index in [-0.39, 0.29) is 11.9 Å². The monoisotopic (exact) mass is 449 g/mol. The molecule has 0 spiro atoms. The van der Waals surface area contributed by atoms with Crippen molar-refractivity contribution in [2.75, 3.05) is 45.8 Å². The number of rotatable bonds is 7. The van der Waals surface area contributed by atoms with Gasteiger partial charge in [0.2, 0.25) is 5.91 Å². The van der Waals surface area contributed by atoms with Gasteiger partial charge in [-0.25, -0.2) is 4.98 Å². The molecule has 0 unspecified atom stereocenters. The Labute approximate surface area is 193 Å². The molecule has 6 nitrogen and oxygen atoms in total. The number of nitrogens with zero attached hydrogens (tertiary/aromatic N) is 4. The van der Waals surface area contributed by atoms with Gasteiger partial charge in [0.05, 0.1) is 23.3 Å². The Hall–Kier alpha value is -2.32.